The molecule has 0 aliphatic carbocycles. The number of ether oxygens (including phenoxy) is 1. The van der Waals surface area contributed by atoms with E-state index in [1.165, 1.54) is 70.6 Å². The van der Waals surface area contributed by atoms with Gasteiger partial charge in [-0.05, 0) is 18.4 Å². The van der Waals surface area contributed by atoms with Crippen molar-refractivity contribution in [2.24, 2.45) is 0 Å². The van der Waals surface area contributed by atoms with Gasteiger partial charge in [-0.3, -0.25) is 4.79 Å². The standard InChI is InChI=1S/C22H36O2/c1-2-3-4-5-6-7-8-9-10-11-12-16-19-22(24-20-23)21-17-14-13-15-18-21/h13-15,17-18,20,22H,2-12,16,19H2,1H3. The summed E-state index contributed by atoms with van der Waals surface area (Å²) in [5, 5.41) is 0. The van der Waals surface area contributed by atoms with Gasteiger partial charge in [0.2, 0.25) is 0 Å². The van der Waals surface area contributed by atoms with Crippen molar-refractivity contribution >= 4 is 6.47 Å². The minimum Gasteiger partial charge on any atom is -0.460 e. The van der Waals surface area contributed by atoms with Gasteiger partial charge in [0.1, 0.15) is 6.10 Å². The summed E-state index contributed by atoms with van der Waals surface area (Å²) in [6.07, 6.45) is 17.0. The third-order valence-corrected chi connectivity index (χ3v) is 4.71. The molecule has 136 valence electrons. The smallest absolute Gasteiger partial charge is 0.293 e. The Morgan fingerprint density at radius 3 is 1.79 bits per heavy atom. The summed E-state index contributed by atoms with van der Waals surface area (Å²) >= 11 is 0. The fraction of sp³-hybridized carbons (Fsp3) is 0.682. The fourth-order valence-electron chi connectivity index (χ4n) is 3.22. The minimum atomic E-state index is -0.0770. The van der Waals surface area contributed by atoms with Gasteiger partial charge in [0.05, 0.1) is 0 Å². The number of unbranched alkanes of at least 4 members (excludes halogenated alkanes) is 11. The number of rotatable bonds is 16. The van der Waals surface area contributed by atoms with Crippen molar-refractivity contribution in [3.63, 3.8) is 0 Å². The van der Waals surface area contributed by atoms with E-state index < -0.39 is 0 Å². The molecule has 24 heavy (non-hydrogen) atoms. The van der Waals surface area contributed by atoms with E-state index in [4.69, 9.17) is 4.74 Å². The van der Waals surface area contributed by atoms with Crippen LogP contribution in [0.4, 0.5) is 0 Å². The molecule has 0 heterocycles. The van der Waals surface area contributed by atoms with Crippen LogP contribution in [-0.4, -0.2) is 6.47 Å². The quantitative estimate of drug-likeness (QED) is 0.241. The second kappa shape index (κ2) is 15.2. The normalized spacial score (nSPS) is 12.0. The zero-order chi connectivity index (χ0) is 17.3. The van der Waals surface area contributed by atoms with Gasteiger partial charge < -0.3 is 4.74 Å². The molecule has 0 amide bonds. The highest BCUT2D eigenvalue weighted by Gasteiger charge is 2.11. The predicted molar refractivity (Wildman–Crippen MR) is 102 cm³/mol. The maximum Gasteiger partial charge on any atom is 0.293 e. The lowest BCUT2D eigenvalue weighted by molar-refractivity contribution is -0.134. The molecule has 1 atom stereocenters. The molecular formula is C22H36O2. The van der Waals surface area contributed by atoms with Crippen LogP contribution in [0.2, 0.25) is 0 Å². The first kappa shape index (κ1) is 20.7. The van der Waals surface area contributed by atoms with Crippen LogP contribution in [0.1, 0.15) is 102 Å². The average molecular weight is 333 g/mol. The van der Waals surface area contributed by atoms with Gasteiger partial charge in [-0.1, -0.05) is 108 Å². The van der Waals surface area contributed by atoms with E-state index in [9.17, 15) is 4.79 Å². The van der Waals surface area contributed by atoms with Crippen LogP contribution >= 0.6 is 0 Å². The SMILES string of the molecule is CCCCCCCCCCCCCCC(OC=O)c1ccccc1. The van der Waals surface area contributed by atoms with Gasteiger partial charge in [0, 0.05) is 0 Å². The van der Waals surface area contributed by atoms with Crippen LogP contribution in [0.5, 0.6) is 0 Å². The lowest BCUT2D eigenvalue weighted by Gasteiger charge is -2.15. The van der Waals surface area contributed by atoms with Crippen molar-refractivity contribution in [2.45, 2.75) is 96.5 Å². The van der Waals surface area contributed by atoms with Crippen LogP contribution in [0.15, 0.2) is 30.3 Å². The Bertz CT molecular complexity index is 388. The van der Waals surface area contributed by atoms with Gasteiger partial charge in [-0.2, -0.15) is 0 Å². The molecule has 1 unspecified atom stereocenters. The Labute approximate surface area is 149 Å². The second-order valence-corrected chi connectivity index (χ2v) is 6.81. The third-order valence-electron chi connectivity index (χ3n) is 4.71. The minimum absolute atomic E-state index is 0.0770. The third kappa shape index (κ3) is 10.5. The van der Waals surface area contributed by atoms with E-state index in [1.807, 2.05) is 30.3 Å². The number of hydrogen-bond donors (Lipinski definition) is 0. The van der Waals surface area contributed by atoms with Gasteiger partial charge >= 0.3 is 0 Å². The zero-order valence-corrected chi connectivity index (χ0v) is 15.6. The molecule has 0 bridgehead atoms. The number of benzene rings is 1. The lowest BCUT2D eigenvalue weighted by atomic mass is 10.0. The van der Waals surface area contributed by atoms with Crippen molar-refractivity contribution in [3.05, 3.63) is 35.9 Å². The summed E-state index contributed by atoms with van der Waals surface area (Å²) in [6, 6.07) is 10.1. The maximum atomic E-state index is 10.7. The summed E-state index contributed by atoms with van der Waals surface area (Å²) < 4.78 is 5.25. The van der Waals surface area contributed by atoms with Crippen LogP contribution in [-0.2, 0) is 9.53 Å². The first-order chi connectivity index (χ1) is 11.9. The molecule has 0 radical (unpaired) electrons. The van der Waals surface area contributed by atoms with Crippen molar-refractivity contribution in [1.82, 2.24) is 0 Å². The summed E-state index contributed by atoms with van der Waals surface area (Å²) in [7, 11) is 0. The molecule has 0 saturated carbocycles. The molecule has 1 rings (SSSR count). The largest absolute Gasteiger partial charge is 0.460 e. The monoisotopic (exact) mass is 332 g/mol. The Morgan fingerprint density at radius 1 is 0.792 bits per heavy atom. The van der Waals surface area contributed by atoms with Crippen molar-refractivity contribution in [3.8, 4) is 0 Å². The first-order valence-electron chi connectivity index (χ1n) is 10.0. The molecular weight excluding hydrogens is 296 g/mol. The highest BCUT2D eigenvalue weighted by molar-refractivity contribution is 5.38. The molecule has 0 N–H and O–H groups in total. The van der Waals surface area contributed by atoms with Crippen LogP contribution in [0, 0.1) is 0 Å². The van der Waals surface area contributed by atoms with Crippen LogP contribution in [0.3, 0.4) is 0 Å². The summed E-state index contributed by atoms with van der Waals surface area (Å²) in [5.74, 6) is 0. The highest BCUT2D eigenvalue weighted by atomic mass is 16.5. The number of hydrogen-bond acceptors (Lipinski definition) is 2. The van der Waals surface area contributed by atoms with Crippen LogP contribution < -0.4 is 0 Å². The number of carbonyl (C=O) groups is 1. The molecule has 0 aromatic heterocycles. The van der Waals surface area contributed by atoms with E-state index in [-0.39, 0.29) is 6.10 Å². The Kier molecular flexibility index (Phi) is 13.2. The Hall–Kier alpha value is -1.31. The summed E-state index contributed by atoms with van der Waals surface area (Å²) in [6.45, 7) is 2.85. The fourth-order valence-corrected chi connectivity index (χ4v) is 3.22. The van der Waals surface area contributed by atoms with Crippen molar-refractivity contribution in [2.75, 3.05) is 0 Å². The first-order valence-corrected chi connectivity index (χ1v) is 10.0. The molecule has 2 nitrogen and oxygen atoms in total. The van der Waals surface area contributed by atoms with Gasteiger partial charge in [-0.15, -0.1) is 0 Å². The molecule has 1 aromatic rings. The molecule has 0 saturated heterocycles. The van der Waals surface area contributed by atoms with E-state index in [2.05, 4.69) is 6.92 Å². The van der Waals surface area contributed by atoms with E-state index in [0.29, 0.717) is 6.47 Å². The maximum absolute atomic E-state index is 10.7. The van der Waals surface area contributed by atoms with Gasteiger partial charge in [-0.25, -0.2) is 0 Å². The molecule has 1 aromatic carbocycles. The topological polar surface area (TPSA) is 26.3 Å². The lowest BCUT2D eigenvalue weighted by Crippen LogP contribution is -2.03. The summed E-state index contributed by atoms with van der Waals surface area (Å²) in [5.41, 5.74) is 1.10. The molecule has 0 aliphatic heterocycles. The van der Waals surface area contributed by atoms with Gasteiger partial charge in [0.15, 0.2) is 0 Å². The Balaban J connectivity index is 1.97. The molecule has 0 fully saturated rings. The molecule has 0 spiro atoms. The molecule has 2 heteroatoms. The van der Waals surface area contributed by atoms with E-state index >= 15 is 0 Å². The average Bonchev–Trinajstić information content (AvgIpc) is 2.62. The van der Waals surface area contributed by atoms with E-state index in [1.54, 1.807) is 0 Å². The van der Waals surface area contributed by atoms with E-state index in [0.717, 1.165) is 18.4 Å². The predicted octanol–water partition coefficient (Wildman–Crippen LogP) is 6.99. The Morgan fingerprint density at radius 2 is 1.29 bits per heavy atom. The zero-order valence-electron chi connectivity index (χ0n) is 15.6. The molecule has 0 aliphatic rings. The second-order valence-electron chi connectivity index (χ2n) is 6.81. The van der Waals surface area contributed by atoms with Crippen molar-refractivity contribution < 1.29 is 9.53 Å². The van der Waals surface area contributed by atoms with Crippen LogP contribution in [0.25, 0.3) is 0 Å². The highest BCUT2D eigenvalue weighted by Crippen LogP contribution is 2.23. The van der Waals surface area contributed by atoms with Crippen molar-refractivity contribution in [1.29, 1.82) is 0 Å². The number of carbonyl (C=O) groups excluding carboxylic acids is 1. The van der Waals surface area contributed by atoms with Gasteiger partial charge in [0.25, 0.3) is 6.47 Å². The summed E-state index contributed by atoms with van der Waals surface area (Å²) in [4.78, 5) is 10.7.